The van der Waals surface area contributed by atoms with Gasteiger partial charge in [-0.2, -0.15) is 0 Å². The molecule has 1 aromatic carbocycles. The summed E-state index contributed by atoms with van der Waals surface area (Å²) in [5, 5.41) is 6.47. The maximum Gasteiger partial charge on any atom is 0.323 e. The fourth-order valence-corrected chi connectivity index (χ4v) is 2.61. The molecule has 128 valence electrons. The zero-order chi connectivity index (χ0) is 16.9. The number of aromatic nitrogens is 1. The third kappa shape index (κ3) is 4.05. The molecule has 2 aromatic rings. The number of amides is 2. The molecule has 1 N–H and O–H groups in total. The first-order chi connectivity index (χ1) is 11.6. The number of hydrogen-bond donors (Lipinski definition) is 1. The molecule has 0 bridgehead atoms. The van der Waals surface area contributed by atoms with E-state index in [0.717, 1.165) is 31.9 Å². The van der Waals surface area contributed by atoms with Crippen LogP contribution in [0.4, 0.5) is 16.3 Å². The number of benzene rings is 1. The molecule has 7 nitrogen and oxygen atoms in total. The summed E-state index contributed by atoms with van der Waals surface area (Å²) in [4.78, 5) is 16.1. The van der Waals surface area contributed by atoms with Gasteiger partial charge in [-0.05, 0) is 24.6 Å². The molecule has 0 saturated carbocycles. The highest BCUT2D eigenvalue weighted by molar-refractivity contribution is 5.88. The van der Waals surface area contributed by atoms with E-state index in [2.05, 4.69) is 39.6 Å². The van der Waals surface area contributed by atoms with E-state index < -0.39 is 0 Å². The van der Waals surface area contributed by atoms with Gasteiger partial charge in [0, 0.05) is 38.4 Å². The van der Waals surface area contributed by atoms with Crippen molar-refractivity contribution in [1.82, 2.24) is 10.1 Å². The number of anilines is 2. The van der Waals surface area contributed by atoms with Crippen LogP contribution in [0.3, 0.4) is 0 Å². The lowest BCUT2D eigenvalue weighted by molar-refractivity contribution is 0.122. The van der Waals surface area contributed by atoms with Crippen molar-refractivity contribution in [3.05, 3.63) is 41.7 Å². The third-order valence-electron chi connectivity index (χ3n) is 3.94. The van der Waals surface area contributed by atoms with Gasteiger partial charge in [-0.25, -0.2) is 4.79 Å². The smallest absolute Gasteiger partial charge is 0.323 e. The van der Waals surface area contributed by atoms with Crippen molar-refractivity contribution in [2.24, 2.45) is 0 Å². The Balaban J connectivity index is 1.55. The largest absolute Gasteiger partial charge is 0.378 e. The fourth-order valence-electron chi connectivity index (χ4n) is 2.61. The summed E-state index contributed by atoms with van der Waals surface area (Å²) in [6.45, 7) is 5.67. The predicted octanol–water partition coefficient (Wildman–Crippen LogP) is 2.48. The van der Waals surface area contributed by atoms with E-state index in [1.54, 1.807) is 24.9 Å². The Morgan fingerprint density at radius 2 is 2.00 bits per heavy atom. The Morgan fingerprint density at radius 3 is 2.62 bits per heavy atom. The number of rotatable bonds is 4. The molecule has 1 saturated heterocycles. The van der Waals surface area contributed by atoms with Gasteiger partial charge in [0.2, 0.25) is 0 Å². The van der Waals surface area contributed by atoms with Crippen molar-refractivity contribution in [3.63, 3.8) is 0 Å². The second kappa shape index (κ2) is 7.35. The Hall–Kier alpha value is -2.54. The molecule has 1 aliphatic heterocycles. The number of aryl methyl sites for hydroxylation is 1. The van der Waals surface area contributed by atoms with Gasteiger partial charge in [-0.1, -0.05) is 17.3 Å². The van der Waals surface area contributed by atoms with Crippen molar-refractivity contribution < 1.29 is 14.1 Å². The quantitative estimate of drug-likeness (QED) is 0.932. The van der Waals surface area contributed by atoms with Crippen LogP contribution >= 0.6 is 0 Å². The van der Waals surface area contributed by atoms with Crippen molar-refractivity contribution in [1.29, 1.82) is 0 Å². The summed E-state index contributed by atoms with van der Waals surface area (Å²) < 4.78 is 10.3. The number of carbonyl (C=O) groups is 1. The number of nitrogens with zero attached hydrogens (tertiary/aromatic N) is 3. The summed E-state index contributed by atoms with van der Waals surface area (Å²) in [6.07, 6.45) is 0. The van der Waals surface area contributed by atoms with Gasteiger partial charge >= 0.3 is 6.03 Å². The molecule has 2 heterocycles. The first-order valence-corrected chi connectivity index (χ1v) is 7.99. The highest BCUT2D eigenvalue weighted by Crippen LogP contribution is 2.17. The van der Waals surface area contributed by atoms with Gasteiger partial charge in [0.05, 0.1) is 13.2 Å². The molecule has 7 heteroatoms. The molecule has 3 rings (SSSR count). The average Bonchev–Trinajstić information content (AvgIpc) is 3.01. The Morgan fingerprint density at radius 1 is 1.29 bits per heavy atom. The van der Waals surface area contributed by atoms with Crippen molar-refractivity contribution in [2.75, 3.05) is 43.6 Å². The lowest BCUT2D eigenvalue weighted by atomic mass is 10.2. The summed E-state index contributed by atoms with van der Waals surface area (Å²) in [6, 6.07) is 9.74. The summed E-state index contributed by atoms with van der Waals surface area (Å²) in [5.74, 6) is 1.08. The summed E-state index contributed by atoms with van der Waals surface area (Å²) in [7, 11) is 1.75. The van der Waals surface area contributed by atoms with Crippen molar-refractivity contribution in [2.45, 2.75) is 13.5 Å². The van der Waals surface area contributed by atoms with E-state index in [4.69, 9.17) is 9.26 Å². The lowest BCUT2D eigenvalue weighted by Crippen LogP contribution is -2.36. The molecule has 0 atom stereocenters. The average molecular weight is 330 g/mol. The van der Waals surface area contributed by atoms with E-state index in [0.29, 0.717) is 18.1 Å². The van der Waals surface area contributed by atoms with E-state index in [1.807, 2.05) is 0 Å². The molecule has 1 aliphatic rings. The van der Waals surface area contributed by atoms with Gasteiger partial charge in [0.1, 0.15) is 5.76 Å². The molecule has 24 heavy (non-hydrogen) atoms. The van der Waals surface area contributed by atoms with Crippen molar-refractivity contribution in [3.8, 4) is 0 Å². The maximum absolute atomic E-state index is 12.2. The first kappa shape index (κ1) is 16.3. The highest BCUT2D eigenvalue weighted by Gasteiger charge is 2.13. The summed E-state index contributed by atoms with van der Waals surface area (Å²) in [5.41, 5.74) is 2.26. The minimum Gasteiger partial charge on any atom is -0.378 e. The minimum absolute atomic E-state index is 0.222. The number of nitrogens with one attached hydrogen (secondary N) is 1. The van der Waals surface area contributed by atoms with Crippen LogP contribution in [0.2, 0.25) is 0 Å². The standard InChI is InChI=1S/C17H22N4O3/c1-13-11-16(19-24-13)18-17(22)20(2)12-14-3-5-15(6-4-14)21-7-9-23-10-8-21/h3-6,11H,7-10,12H2,1-2H3,(H,18,19,22). The Bertz CT molecular complexity index is 677. The highest BCUT2D eigenvalue weighted by atomic mass is 16.5. The molecule has 1 aromatic heterocycles. The second-order valence-corrected chi connectivity index (χ2v) is 5.87. The van der Waals surface area contributed by atoms with E-state index in [1.165, 1.54) is 5.69 Å². The van der Waals surface area contributed by atoms with Crippen LogP contribution in [-0.2, 0) is 11.3 Å². The van der Waals surface area contributed by atoms with Crippen molar-refractivity contribution >= 4 is 17.5 Å². The van der Waals surface area contributed by atoms with Crippen LogP contribution in [0.1, 0.15) is 11.3 Å². The molecule has 0 spiro atoms. The number of urea groups is 1. The Labute approximate surface area is 141 Å². The predicted molar refractivity (Wildman–Crippen MR) is 91.2 cm³/mol. The molecule has 0 unspecified atom stereocenters. The van der Waals surface area contributed by atoms with Crippen LogP contribution in [0.25, 0.3) is 0 Å². The minimum atomic E-state index is -0.222. The van der Waals surface area contributed by atoms with Gasteiger partial charge in [-0.3, -0.25) is 5.32 Å². The van der Waals surface area contributed by atoms with Gasteiger partial charge in [0.15, 0.2) is 5.82 Å². The number of hydrogen-bond acceptors (Lipinski definition) is 5. The SMILES string of the molecule is Cc1cc(NC(=O)N(C)Cc2ccc(N3CCOCC3)cc2)no1. The van der Waals surface area contributed by atoms with Crippen LogP contribution in [0.5, 0.6) is 0 Å². The first-order valence-electron chi connectivity index (χ1n) is 7.99. The fraction of sp³-hybridized carbons (Fsp3) is 0.412. The number of morpholine rings is 1. The lowest BCUT2D eigenvalue weighted by Gasteiger charge is -2.29. The molecular weight excluding hydrogens is 308 g/mol. The molecule has 0 aliphatic carbocycles. The molecule has 0 radical (unpaired) electrons. The van der Waals surface area contributed by atoms with Crippen LogP contribution in [0.15, 0.2) is 34.9 Å². The zero-order valence-electron chi connectivity index (χ0n) is 14.0. The normalized spacial score (nSPS) is 14.5. The second-order valence-electron chi connectivity index (χ2n) is 5.87. The van der Waals surface area contributed by atoms with Crippen LogP contribution in [-0.4, -0.2) is 49.4 Å². The van der Waals surface area contributed by atoms with Gasteiger partial charge in [-0.15, -0.1) is 0 Å². The van der Waals surface area contributed by atoms with E-state index >= 15 is 0 Å². The van der Waals surface area contributed by atoms with E-state index in [9.17, 15) is 4.79 Å². The third-order valence-corrected chi connectivity index (χ3v) is 3.94. The van der Waals surface area contributed by atoms with Crippen LogP contribution in [0, 0.1) is 6.92 Å². The van der Waals surface area contributed by atoms with Crippen LogP contribution < -0.4 is 10.2 Å². The number of carbonyl (C=O) groups excluding carboxylic acids is 1. The monoisotopic (exact) mass is 330 g/mol. The molecular formula is C17H22N4O3. The molecule has 2 amide bonds. The zero-order valence-corrected chi connectivity index (χ0v) is 14.0. The molecule has 1 fully saturated rings. The Kier molecular flexibility index (Phi) is 5.00. The van der Waals surface area contributed by atoms with Gasteiger partial charge in [0.25, 0.3) is 0 Å². The topological polar surface area (TPSA) is 70.8 Å². The maximum atomic E-state index is 12.2. The summed E-state index contributed by atoms with van der Waals surface area (Å²) >= 11 is 0. The van der Waals surface area contributed by atoms with E-state index in [-0.39, 0.29) is 6.03 Å². The van der Waals surface area contributed by atoms with Gasteiger partial charge < -0.3 is 19.1 Å². The number of ether oxygens (including phenoxy) is 1.